The Morgan fingerprint density at radius 1 is 1.25 bits per heavy atom. The first kappa shape index (κ1) is 16.4. The van der Waals surface area contributed by atoms with Crippen molar-refractivity contribution in [3.8, 4) is 0 Å². The molecule has 1 aromatic carbocycles. The van der Waals surface area contributed by atoms with Gasteiger partial charge in [0.25, 0.3) is 0 Å². The molecule has 1 aliphatic carbocycles. The second-order valence-corrected chi connectivity index (χ2v) is 6.80. The van der Waals surface area contributed by atoms with E-state index in [-0.39, 0.29) is 24.2 Å². The number of likely N-dealkylation sites (tertiary alicyclic amines) is 1. The molecule has 5 nitrogen and oxygen atoms in total. The van der Waals surface area contributed by atoms with E-state index in [4.69, 9.17) is 0 Å². The lowest BCUT2D eigenvalue weighted by Gasteiger charge is -2.25. The van der Waals surface area contributed by atoms with Crippen molar-refractivity contribution in [3.05, 3.63) is 47.5 Å². The van der Waals surface area contributed by atoms with Crippen LogP contribution in [0, 0.1) is 17.8 Å². The molecule has 1 aliphatic heterocycles. The number of imide groups is 1. The van der Waals surface area contributed by atoms with Gasteiger partial charge in [-0.2, -0.15) is 0 Å². The van der Waals surface area contributed by atoms with Gasteiger partial charge in [0.1, 0.15) is 6.04 Å². The Kier molecular flexibility index (Phi) is 4.26. The molecule has 5 heteroatoms. The van der Waals surface area contributed by atoms with Gasteiger partial charge in [0, 0.05) is 6.42 Å². The fraction of sp³-hybridized carbons (Fsp3) is 0.421. The summed E-state index contributed by atoms with van der Waals surface area (Å²) in [7, 11) is 0. The zero-order valence-electron chi connectivity index (χ0n) is 13.8. The Bertz CT molecular complexity index is 709. The van der Waals surface area contributed by atoms with Crippen LogP contribution in [0.3, 0.4) is 0 Å². The van der Waals surface area contributed by atoms with Crippen LogP contribution < -0.4 is 0 Å². The Labute approximate surface area is 141 Å². The van der Waals surface area contributed by atoms with Crippen LogP contribution in [-0.4, -0.2) is 33.8 Å². The molecular formula is C19H21NO4. The van der Waals surface area contributed by atoms with Crippen molar-refractivity contribution >= 4 is 17.8 Å². The van der Waals surface area contributed by atoms with E-state index in [0.717, 1.165) is 16.0 Å². The molecule has 3 rings (SSSR count). The van der Waals surface area contributed by atoms with Crippen molar-refractivity contribution in [1.82, 2.24) is 4.90 Å². The monoisotopic (exact) mass is 327 g/mol. The van der Waals surface area contributed by atoms with Crippen molar-refractivity contribution in [3.63, 3.8) is 0 Å². The van der Waals surface area contributed by atoms with E-state index in [2.05, 4.69) is 0 Å². The lowest BCUT2D eigenvalue weighted by molar-refractivity contribution is -0.155. The fourth-order valence-corrected chi connectivity index (χ4v) is 3.98. The average molecular weight is 327 g/mol. The SMILES string of the molecule is CC1=C[C@H](C)[C@H]2C(=O)N([C@@H](Cc3ccccc3)C(=O)O)C(=O)[C@H]2C1. The van der Waals surface area contributed by atoms with Crippen LogP contribution in [0.1, 0.15) is 25.8 Å². The molecule has 1 fully saturated rings. The van der Waals surface area contributed by atoms with Crippen molar-refractivity contribution in [2.45, 2.75) is 32.7 Å². The number of nitrogens with zero attached hydrogens (tertiary/aromatic N) is 1. The second kappa shape index (κ2) is 6.23. The summed E-state index contributed by atoms with van der Waals surface area (Å²) in [6.45, 7) is 3.87. The predicted molar refractivity (Wildman–Crippen MR) is 87.9 cm³/mol. The largest absolute Gasteiger partial charge is 0.480 e. The number of fused-ring (bicyclic) bond motifs is 1. The van der Waals surface area contributed by atoms with Crippen molar-refractivity contribution in [2.75, 3.05) is 0 Å². The maximum absolute atomic E-state index is 12.8. The normalized spacial score (nSPS) is 27.7. The van der Waals surface area contributed by atoms with Gasteiger partial charge in [-0.25, -0.2) is 4.79 Å². The number of allylic oxidation sites excluding steroid dienone is 2. The summed E-state index contributed by atoms with van der Waals surface area (Å²) in [5.41, 5.74) is 1.88. The van der Waals surface area contributed by atoms with E-state index in [1.807, 2.05) is 50.3 Å². The van der Waals surface area contributed by atoms with Crippen molar-refractivity contribution in [2.24, 2.45) is 17.8 Å². The maximum atomic E-state index is 12.8. The number of hydrogen-bond acceptors (Lipinski definition) is 3. The average Bonchev–Trinajstić information content (AvgIpc) is 2.77. The molecule has 0 unspecified atom stereocenters. The zero-order chi connectivity index (χ0) is 17.4. The first-order valence-corrected chi connectivity index (χ1v) is 8.21. The van der Waals surface area contributed by atoms with E-state index >= 15 is 0 Å². The third-order valence-electron chi connectivity index (χ3n) is 5.04. The van der Waals surface area contributed by atoms with E-state index in [9.17, 15) is 19.5 Å². The topological polar surface area (TPSA) is 74.7 Å². The van der Waals surface area contributed by atoms with Gasteiger partial charge in [-0.3, -0.25) is 14.5 Å². The minimum absolute atomic E-state index is 0.0450. The number of rotatable bonds is 4. The van der Waals surface area contributed by atoms with Gasteiger partial charge in [-0.15, -0.1) is 0 Å². The number of benzene rings is 1. The highest BCUT2D eigenvalue weighted by molar-refractivity contribution is 6.08. The van der Waals surface area contributed by atoms with Crippen LogP contribution in [0.2, 0.25) is 0 Å². The molecule has 126 valence electrons. The molecule has 0 spiro atoms. The number of carboxylic acid groups (broad SMARTS) is 1. The van der Waals surface area contributed by atoms with Crippen LogP contribution in [0.5, 0.6) is 0 Å². The molecule has 0 bridgehead atoms. The van der Waals surface area contributed by atoms with Crippen LogP contribution in [0.4, 0.5) is 0 Å². The number of carboxylic acids is 1. The van der Waals surface area contributed by atoms with Crippen LogP contribution in [0.25, 0.3) is 0 Å². The summed E-state index contributed by atoms with van der Waals surface area (Å²) in [5.74, 6) is -2.72. The van der Waals surface area contributed by atoms with Crippen molar-refractivity contribution < 1.29 is 19.5 Å². The quantitative estimate of drug-likeness (QED) is 0.680. The molecule has 1 N–H and O–H groups in total. The van der Waals surface area contributed by atoms with Gasteiger partial charge in [-0.05, 0) is 24.8 Å². The van der Waals surface area contributed by atoms with Gasteiger partial charge in [0.15, 0.2) is 0 Å². The van der Waals surface area contributed by atoms with E-state index in [1.165, 1.54) is 0 Å². The summed E-state index contributed by atoms with van der Waals surface area (Å²) in [4.78, 5) is 38.4. The number of hydrogen-bond donors (Lipinski definition) is 1. The van der Waals surface area contributed by atoms with E-state index < -0.39 is 23.8 Å². The summed E-state index contributed by atoms with van der Waals surface area (Å²) in [6.07, 6.45) is 2.68. The smallest absolute Gasteiger partial charge is 0.327 e. The van der Waals surface area contributed by atoms with Gasteiger partial charge in [0.2, 0.25) is 11.8 Å². The maximum Gasteiger partial charge on any atom is 0.327 e. The molecule has 24 heavy (non-hydrogen) atoms. The summed E-state index contributed by atoms with van der Waals surface area (Å²) < 4.78 is 0. The lowest BCUT2D eigenvalue weighted by Crippen LogP contribution is -2.47. The summed E-state index contributed by atoms with van der Waals surface area (Å²) in [6, 6.07) is 7.94. The molecule has 2 aliphatic rings. The predicted octanol–water partition coefficient (Wildman–Crippen LogP) is 2.27. The van der Waals surface area contributed by atoms with E-state index in [0.29, 0.717) is 6.42 Å². The molecule has 1 heterocycles. The number of carbonyl (C=O) groups excluding carboxylic acids is 2. The van der Waals surface area contributed by atoms with Gasteiger partial charge >= 0.3 is 5.97 Å². The summed E-state index contributed by atoms with van der Waals surface area (Å²) >= 11 is 0. The van der Waals surface area contributed by atoms with E-state index in [1.54, 1.807) is 0 Å². The van der Waals surface area contributed by atoms with Crippen LogP contribution in [-0.2, 0) is 20.8 Å². The third-order valence-corrected chi connectivity index (χ3v) is 5.04. The Hall–Kier alpha value is -2.43. The Morgan fingerprint density at radius 2 is 1.92 bits per heavy atom. The molecule has 1 saturated heterocycles. The van der Waals surface area contributed by atoms with Gasteiger partial charge < -0.3 is 5.11 Å². The van der Waals surface area contributed by atoms with Crippen molar-refractivity contribution in [1.29, 1.82) is 0 Å². The molecule has 1 aromatic rings. The second-order valence-electron chi connectivity index (χ2n) is 6.80. The number of aliphatic carboxylic acids is 1. The number of amides is 2. The first-order chi connectivity index (χ1) is 11.4. The molecule has 0 aromatic heterocycles. The molecule has 4 atom stereocenters. The molecule has 0 radical (unpaired) electrons. The minimum Gasteiger partial charge on any atom is -0.480 e. The Balaban J connectivity index is 1.91. The Morgan fingerprint density at radius 3 is 2.54 bits per heavy atom. The van der Waals surface area contributed by atoms with Gasteiger partial charge in [0.05, 0.1) is 11.8 Å². The standard InChI is InChI=1S/C19H21NO4/c1-11-8-12(2)16-14(9-11)17(21)20(18(16)22)15(19(23)24)10-13-6-4-3-5-7-13/h3-8,12,14-16H,9-10H2,1-2H3,(H,23,24)/t12-,14-,15-,16+/m0/s1. The van der Waals surface area contributed by atoms with Crippen LogP contribution >= 0.6 is 0 Å². The molecular weight excluding hydrogens is 306 g/mol. The number of carbonyl (C=O) groups is 3. The lowest BCUT2D eigenvalue weighted by atomic mass is 9.76. The third kappa shape index (κ3) is 2.75. The zero-order valence-corrected chi connectivity index (χ0v) is 13.8. The fourth-order valence-electron chi connectivity index (χ4n) is 3.98. The molecule has 2 amide bonds. The highest BCUT2D eigenvalue weighted by atomic mass is 16.4. The highest BCUT2D eigenvalue weighted by Gasteiger charge is 2.53. The summed E-state index contributed by atoms with van der Waals surface area (Å²) in [5, 5.41) is 9.62. The highest BCUT2D eigenvalue weighted by Crippen LogP contribution is 2.41. The molecule has 0 saturated carbocycles. The minimum atomic E-state index is -1.15. The van der Waals surface area contributed by atoms with Crippen LogP contribution in [0.15, 0.2) is 42.0 Å². The van der Waals surface area contributed by atoms with Gasteiger partial charge in [-0.1, -0.05) is 48.9 Å². The first-order valence-electron chi connectivity index (χ1n) is 8.21.